The summed E-state index contributed by atoms with van der Waals surface area (Å²) < 4.78 is 5.00. The molecular weight excluding hydrogens is 236 g/mol. The van der Waals surface area contributed by atoms with Crippen LogP contribution in [-0.4, -0.2) is 41.9 Å². The van der Waals surface area contributed by atoms with Crippen molar-refractivity contribution in [2.75, 3.05) is 13.1 Å². The van der Waals surface area contributed by atoms with Gasteiger partial charge in [0, 0.05) is 6.54 Å². The molecule has 0 aromatic rings. The number of hydrogen-bond donors (Lipinski definition) is 1. The Labute approximate surface area is 106 Å². The Kier molecular flexibility index (Phi) is 4.47. The van der Waals surface area contributed by atoms with Crippen LogP contribution in [0.2, 0.25) is 0 Å². The van der Waals surface area contributed by atoms with Crippen molar-refractivity contribution in [3.05, 3.63) is 11.8 Å². The first-order valence-electron chi connectivity index (χ1n) is 5.76. The van der Waals surface area contributed by atoms with Crippen LogP contribution in [0.4, 0.5) is 4.79 Å². The van der Waals surface area contributed by atoms with E-state index in [0.717, 1.165) is 0 Å². The van der Waals surface area contributed by atoms with Crippen LogP contribution in [0.5, 0.6) is 0 Å². The van der Waals surface area contributed by atoms with Crippen molar-refractivity contribution in [1.29, 1.82) is 0 Å². The lowest BCUT2D eigenvalue weighted by molar-refractivity contribution is -0.129. The lowest BCUT2D eigenvalue weighted by Gasteiger charge is -2.21. The second kappa shape index (κ2) is 5.66. The second-order valence-corrected chi connectivity index (χ2v) is 4.94. The van der Waals surface area contributed by atoms with Crippen molar-refractivity contribution in [2.45, 2.75) is 32.8 Å². The largest absolute Gasteiger partial charge is 0.444 e. The molecule has 1 aliphatic heterocycles. The second-order valence-electron chi connectivity index (χ2n) is 4.94. The Morgan fingerprint density at radius 2 is 2.17 bits per heavy atom. The standard InChI is InChI=1S/C12H18N2O4/c1-12(2,3)18-11(17)13-7-10(16)14-6-4-5-9(14)8-15/h5,8H,4,6-7H2,1-3H3,(H,13,17). The molecule has 1 aliphatic rings. The zero-order valence-electron chi connectivity index (χ0n) is 10.9. The lowest BCUT2D eigenvalue weighted by atomic mass is 10.2. The summed E-state index contributed by atoms with van der Waals surface area (Å²) in [7, 11) is 0. The highest BCUT2D eigenvalue weighted by atomic mass is 16.6. The topological polar surface area (TPSA) is 75.7 Å². The van der Waals surface area contributed by atoms with Gasteiger partial charge in [0.15, 0.2) is 6.29 Å². The van der Waals surface area contributed by atoms with E-state index in [2.05, 4.69) is 5.32 Å². The molecule has 1 rings (SSSR count). The third kappa shape index (κ3) is 4.20. The van der Waals surface area contributed by atoms with Crippen LogP contribution in [0, 0.1) is 0 Å². The van der Waals surface area contributed by atoms with Gasteiger partial charge < -0.3 is 15.0 Å². The molecule has 0 saturated heterocycles. The molecule has 100 valence electrons. The number of carbonyl (C=O) groups excluding carboxylic acids is 3. The average molecular weight is 254 g/mol. The monoisotopic (exact) mass is 254 g/mol. The highest BCUT2D eigenvalue weighted by molar-refractivity contribution is 5.89. The predicted molar refractivity (Wildman–Crippen MR) is 64.7 cm³/mol. The molecular formula is C12H18N2O4. The summed E-state index contributed by atoms with van der Waals surface area (Å²) in [6.45, 7) is 5.51. The zero-order valence-corrected chi connectivity index (χ0v) is 10.9. The predicted octanol–water partition coefficient (Wildman–Crippen LogP) is 0.826. The minimum Gasteiger partial charge on any atom is -0.444 e. The summed E-state index contributed by atoms with van der Waals surface area (Å²) in [5.41, 5.74) is -0.250. The van der Waals surface area contributed by atoms with Gasteiger partial charge in [0.25, 0.3) is 0 Å². The number of amides is 2. The van der Waals surface area contributed by atoms with E-state index in [9.17, 15) is 14.4 Å². The van der Waals surface area contributed by atoms with E-state index < -0.39 is 11.7 Å². The first-order chi connectivity index (χ1) is 8.33. The van der Waals surface area contributed by atoms with Crippen molar-refractivity contribution in [2.24, 2.45) is 0 Å². The third-order valence-electron chi connectivity index (χ3n) is 2.22. The van der Waals surface area contributed by atoms with Gasteiger partial charge >= 0.3 is 6.09 Å². The van der Waals surface area contributed by atoms with Gasteiger partial charge in [0.2, 0.25) is 5.91 Å². The quantitative estimate of drug-likeness (QED) is 0.757. The van der Waals surface area contributed by atoms with Gasteiger partial charge in [0.1, 0.15) is 12.1 Å². The van der Waals surface area contributed by atoms with E-state index in [1.807, 2.05) is 0 Å². The van der Waals surface area contributed by atoms with Gasteiger partial charge in [-0.15, -0.1) is 0 Å². The van der Waals surface area contributed by atoms with Crippen molar-refractivity contribution >= 4 is 18.3 Å². The molecule has 0 aliphatic carbocycles. The van der Waals surface area contributed by atoms with Crippen LogP contribution >= 0.6 is 0 Å². The van der Waals surface area contributed by atoms with E-state index in [1.165, 1.54) is 4.90 Å². The fraction of sp³-hybridized carbons (Fsp3) is 0.583. The first-order valence-corrected chi connectivity index (χ1v) is 5.76. The van der Waals surface area contributed by atoms with Crippen molar-refractivity contribution < 1.29 is 19.1 Å². The number of carbonyl (C=O) groups is 3. The van der Waals surface area contributed by atoms with Gasteiger partial charge in [-0.3, -0.25) is 9.59 Å². The average Bonchev–Trinajstić information content (AvgIpc) is 2.71. The Bertz CT molecular complexity index is 382. The van der Waals surface area contributed by atoms with Crippen LogP contribution in [-0.2, 0) is 14.3 Å². The van der Waals surface area contributed by atoms with E-state index in [-0.39, 0.29) is 12.5 Å². The fourth-order valence-electron chi connectivity index (χ4n) is 1.52. The van der Waals surface area contributed by atoms with Crippen LogP contribution < -0.4 is 5.32 Å². The summed E-state index contributed by atoms with van der Waals surface area (Å²) in [6, 6.07) is 0. The van der Waals surface area contributed by atoms with Gasteiger partial charge in [-0.2, -0.15) is 0 Å². The fourth-order valence-corrected chi connectivity index (χ4v) is 1.52. The Hall–Kier alpha value is -1.85. The summed E-state index contributed by atoms with van der Waals surface area (Å²) in [5.74, 6) is -0.322. The molecule has 0 radical (unpaired) electrons. The maximum absolute atomic E-state index is 11.7. The minimum atomic E-state index is -0.647. The van der Waals surface area contributed by atoms with Gasteiger partial charge in [-0.1, -0.05) is 6.08 Å². The van der Waals surface area contributed by atoms with Crippen molar-refractivity contribution in [1.82, 2.24) is 10.2 Å². The molecule has 18 heavy (non-hydrogen) atoms. The number of alkyl carbamates (subject to hydrolysis) is 1. The Morgan fingerprint density at radius 3 is 2.72 bits per heavy atom. The van der Waals surface area contributed by atoms with E-state index in [0.29, 0.717) is 24.9 Å². The van der Waals surface area contributed by atoms with E-state index in [1.54, 1.807) is 26.8 Å². The van der Waals surface area contributed by atoms with Crippen LogP contribution in [0.3, 0.4) is 0 Å². The molecule has 0 fully saturated rings. The minimum absolute atomic E-state index is 0.180. The highest BCUT2D eigenvalue weighted by Crippen LogP contribution is 2.12. The van der Waals surface area contributed by atoms with Crippen LogP contribution in [0.1, 0.15) is 27.2 Å². The molecule has 0 spiro atoms. The van der Waals surface area contributed by atoms with E-state index >= 15 is 0 Å². The first kappa shape index (κ1) is 14.2. The van der Waals surface area contributed by atoms with Crippen LogP contribution in [0.15, 0.2) is 11.8 Å². The lowest BCUT2D eigenvalue weighted by Crippen LogP contribution is -2.41. The molecule has 0 aromatic carbocycles. The molecule has 0 aromatic heterocycles. The SMILES string of the molecule is CC(C)(C)OC(=O)NCC(=O)N1CCC=C1C=O. The van der Waals surface area contributed by atoms with Gasteiger partial charge in [-0.05, 0) is 27.2 Å². The molecule has 1 heterocycles. The smallest absolute Gasteiger partial charge is 0.408 e. The van der Waals surface area contributed by atoms with Gasteiger partial charge in [-0.25, -0.2) is 4.79 Å². The number of hydrogen-bond acceptors (Lipinski definition) is 4. The van der Waals surface area contributed by atoms with Crippen LogP contribution in [0.25, 0.3) is 0 Å². The number of ether oxygens (including phenoxy) is 1. The van der Waals surface area contributed by atoms with Gasteiger partial charge in [0.05, 0.1) is 5.70 Å². The number of nitrogens with one attached hydrogen (secondary N) is 1. The zero-order chi connectivity index (χ0) is 13.8. The Balaban J connectivity index is 2.40. The van der Waals surface area contributed by atoms with Crippen molar-refractivity contribution in [3.8, 4) is 0 Å². The summed E-state index contributed by atoms with van der Waals surface area (Å²) in [6.07, 6.45) is 2.34. The molecule has 0 atom stereocenters. The van der Waals surface area contributed by atoms with Crippen molar-refractivity contribution in [3.63, 3.8) is 0 Å². The summed E-state index contributed by atoms with van der Waals surface area (Å²) >= 11 is 0. The third-order valence-corrected chi connectivity index (χ3v) is 2.22. The molecule has 0 bridgehead atoms. The molecule has 0 saturated carbocycles. The summed E-state index contributed by atoms with van der Waals surface area (Å²) in [4.78, 5) is 35.1. The normalized spacial score (nSPS) is 15.1. The molecule has 2 amide bonds. The highest BCUT2D eigenvalue weighted by Gasteiger charge is 2.22. The maximum atomic E-state index is 11.7. The molecule has 1 N–H and O–H groups in total. The molecule has 0 unspecified atom stereocenters. The molecule has 6 nitrogen and oxygen atoms in total. The summed E-state index contributed by atoms with van der Waals surface area (Å²) in [5, 5.41) is 2.36. The molecule has 6 heteroatoms. The maximum Gasteiger partial charge on any atom is 0.408 e. The number of aldehydes is 1. The van der Waals surface area contributed by atoms with E-state index in [4.69, 9.17) is 4.74 Å². The Morgan fingerprint density at radius 1 is 1.50 bits per heavy atom. The number of nitrogens with zero attached hydrogens (tertiary/aromatic N) is 1. The number of allylic oxidation sites excluding steroid dienone is 1. The number of rotatable bonds is 3.